The first-order valence-corrected chi connectivity index (χ1v) is 10.1. The van der Waals surface area contributed by atoms with Crippen molar-refractivity contribution in [3.8, 4) is 0 Å². The number of hydrogen-bond acceptors (Lipinski definition) is 6. The van der Waals surface area contributed by atoms with Crippen LogP contribution in [0.5, 0.6) is 0 Å². The number of carbonyl (C=O) groups excluding carboxylic acids is 2. The average Bonchev–Trinajstić information content (AvgIpc) is 3.25. The van der Waals surface area contributed by atoms with Crippen molar-refractivity contribution in [2.24, 2.45) is 0 Å². The topological polar surface area (TPSA) is 115 Å². The van der Waals surface area contributed by atoms with Gasteiger partial charge in [0.1, 0.15) is 5.76 Å². The van der Waals surface area contributed by atoms with Gasteiger partial charge in [0.05, 0.1) is 23.3 Å². The van der Waals surface area contributed by atoms with Crippen molar-refractivity contribution in [1.29, 1.82) is 0 Å². The van der Waals surface area contributed by atoms with E-state index in [1.807, 2.05) is 0 Å². The molecule has 0 atom stereocenters. The van der Waals surface area contributed by atoms with E-state index < -0.39 is 28.5 Å². The summed E-state index contributed by atoms with van der Waals surface area (Å²) in [6, 6.07) is 17.4. The van der Waals surface area contributed by atoms with Gasteiger partial charge >= 0.3 is 5.97 Å². The van der Waals surface area contributed by atoms with E-state index in [2.05, 4.69) is 10.0 Å². The van der Waals surface area contributed by atoms with Crippen molar-refractivity contribution in [3.63, 3.8) is 0 Å². The molecule has 0 saturated heterocycles. The summed E-state index contributed by atoms with van der Waals surface area (Å²) in [7, 11) is -3.86. The first-order chi connectivity index (χ1) is 13.9. The third-order valence-electron chi connectivity index (χ3n) is 3.79. The van der Waals surface area contributed by atoms with Gasteiger partial charge in [-0.05, 0) is 42.5 Å². The van der Waals surface area contributed by atoms with Crippen LogP contribution >= 0.6 is 0 Å². The number of para-hydroxylation sites is 1. The standard InChI is InChI=1S/C20H18N2O6S/c23-19(22-16-7-2-1-3-8-16)14-28-20(24)15-6-4-10-18(12-15)29(25,26)21-13-17-9-5-11-27-17/h1-12,21H,13-14H2,(H,22,23). The number of carbonyl (C=O) groups is 2. The van der Waals surface area contributed by atoms with E-state index in [-0.39, 0.29) is 17.0 Å². The van der Waals surface area contributed by atoms with Crippen LogP contribution in [-0.4, -0.2) is 26.9 Å². The molecule has 150 valence electrons. The van der Waals surface area contributed by atoms with E-state index in [9.17, 15) is 18.0 Å². The van der Waals surface area contributed by atoms with Gasteiger partial charge in [-0.25, -0.2) is 17.9 Å². The van der Waals surface area contributed by atoms with Crippen LogP contribution in [-0.2, 0) is 26.1 Å². The molecule has 1 amide bonds. The molecule has 9 heteroatoms. The van der Waals surface area contributed by atoms with E-state index in [0.717, 1.165) is 0 Å². The number of benzene rings is 2. The Hall–Kier alpha value is -3.43. The van der Waals surface area contributed by atoms with Crippen LogP contribution in [0.4, 0.5) is 5.69 Å². The van der Waals surface area contributed by atoms with Crippen LogP contribution in [0.3, 0.4) is 0 Å². The number of furan rings is 1. The maximum atomic E-state index is 12.4. The largest absolute Gasteiger partial charge is 0.468 e. The van der Waals surface area contributed by atoms with Crippen LogP contribution in [0.15, 0.2) is 82.3 Å². The highest BCUT2D eigenvalue weighted by atomic mass is 32.2. The van der Waals surface area contributed by atoms with Gasteiger partial charge in [0.25, 0.3) is 5.91 Å². The number of nitrogens with one attached hydrogen (secondary N) is 2. The summed E-state index contributed by atoms with van der Waals surface area (Å²) in [6.45, 7) is -0.523. The second-order valence-electron chi connectivity index (χ2n) is 5.92. The molecular weight excluding hydrogens is 396 g/mol. The maximum absolute atomic E-state index is 12.4. The molecule has 0 radical (unpaired) electrons. The molecule has 29 heavy (non-hydrogen) atoms. The highest BCUT2D eigenvalue weighted by Gasteiger charge is 2.18. The Morgan fingerprint density at radius 1 is 0.966 bits per heavy atom. The van der Waals surface area contributed by atoms with Crippen molar-refractivity contribution in [1.82, 2.24) is 4.72 Å². The SMILES string of the molecule is O=C(COC(=O)c1cccc(S(=O)(=O)NCc2ccco2)c1)Nc1ccccc1. The lowest BCUT2D eigenvalue weighted by Crippen LogP contribution is -2.24. The minimum atomic E-state index is -3.86. The Labute approximate surface area is 167 Å². The molecule has 1 heterocycles. The van der Waals surface area contributed by atoms with Crippen LogP contribution in [0.2, 0.25) is 0 Å². The van der Waals surface area contributed by atoms with Crippen LogP contribution in [0.1, 0.15) is 16.1 Å². The van der Waals surface area contributed by atoms with Crippen molar-refractivity contribution in [2.75, 3.05) is 11.9 Å². The molecule has 0 aliphatic carbocycles. The Balaban J connectivity index is 1.59. The predicted octanol–water partition coefficient (Wildman–Crippen LogP) is 2.55. The van der Waals surface area contributed by atoms with Gasteiger partial charge in [0.15, 0.2) is 6.61 Å². The summed E-state index contributed by atoms with van der Waals surface area (Å²) in [6.07, 6.45) is 1.44. The molecule has 0 aliphatic heterocycles. The first kappa shape index (κ1) is 20.3. The zero-order valence-electron chi connectivity index (χ0n) is 15.2. The summed E-state index contributed by atoms with van der Waals surface area (Å²) >= 11 is 0. The Kier molecular flexibility index (Phi) is 6.43. The monoisotopic (exact) mass is 414 g/mol. The lowest BCUT2D eigenvalue weighted by atomic mass is 10.2. The summed E-state index contributed by atoms with van der Waals surface area (Å²) in [5.41, 5.74) is 0.586. The third-order valence-corrected chi connectivity index (χ3v) is 5.19. The number of esters is 1. The fourth-order valence-electron chi connectivity index (χ4n) is 2.39. The second kappa shape index (κ2) is 9.18. The summed E-state index contributed by atoms with van der Waals surface area (Å²) in [5, 5.41) is 2.58. The Bertz CT molecular complexity index is 1080. The fraction of sp³-hybridized carbons (Fsp3) is 0.100. The molecule has 3 rings (SSSR count). The van der Waals surface area contributed by atoms with E-state index >= 15 is 0 Å². The Morgan fingerprint density at radius 3 is 2.48 bits per heavy atom. The molecule has 0 aliphatic rings. The number of anilines is 1. The van der Waals surface area contributed by atoms with Gasteiger partial charge in [-0.15, -0.1) is 0 Å². The van der Waals surface area contributed by atoms with Crippen molar-refractivity contribution >= 4 is 27.6 Å². The van der Waals surface area contributed by atoms with E-state index in [1.54, 1.807) is 42.5 Å². The minimum Gasteiger partial charge on any atom is -0.468 e. The van der Waals surface area contributed by atoms with Gasteiger partial charge in [0, 0.05) is 5.69 Å². The highest BCUT2D eigenvalue weighted by molar-refractivity contribution is 7.89. The highest BCUT2D eigenvalue weighted by Crippen LogP contribution is 2.14. The van der Waals surface area contributed by atoms with E-state index in [1.165, 1.54) is 30.5 Å². The minimum absolute atomic E-state index is 0.0124. The quantitative estimate of drug-likeness (QED) is 0.548. The third kappa shape index (κ3) is 5.77. The number of sulfonamides is 1. The zero-order valence-corrected chi connectivity index (χ0v) is 16.0. The molecule has 2 aromatic carbocycles. The smallest absolute Gasteiger partial charge is 0.338 e. The van der Waals surface area contributed by atoms with Gasteiger partial charge in [-0.1, -0.05) is 24.3 Å². The lowest BCUT2D eigenvalue weighted by molar-refractivity contribution is -0.119. The zero-order chi connectivity index (χ0) is 20.7. The summed E-state index contributed by atoms with van der Waals surface area (Å²) in [5.74, 6) is -0.863. The number of ether oxygens (including phenoxy) is 1. The average molecular weight is 414 g/mol. The predicted molar refractivity (Wildman–Crippen MR) is 105 cm³/mol. The normalized spacial score (nSPS) is 11.0. The van der Waals surface area contributed by atoms with Crippen LogP contribution in [0.25, 0.3) is 0 Å². The molecule has 3 aromatic rings. The number of amides is 1. The van der Waals surface area contributed by atoms with E-state index in [4.69, 9.17) is 9.15 Å². The maximum Gasteiger partial charge on any atom is 0.338 e. The molecule has 0 spiro atoms. The lowest BCUT2D eigenvalue weighted by Gasteiger charge is -2.09. The molecule has 2 N–H and O–H groups in total. The fourth-order valence-corrected chi connectivity index (χ4v) is 3.42. The summed E-state index contributed by atoms with van der Waals surface area (Å²) < 4.78 is 37.2. The second-order valence-corrected chi connectivity index (χ2v) is 7.69. The molecule has 8 nitrogen and oxygen atoms in total. The van der Waals surface area contributed by atoms with Crippen molar-refractivity contribution in [2.45, 2.75) is 11.4 Å². The van der Waals surface area contributed by atoms with Crippen LogP contribution in [0, 0.1) is 0 Å². The van der Waals surface area contributed by atoms with Crippen molar-refractivity contribution in [3.05, 3.63) is 84.3 Å². The van der Waals surface area contributed by atoms with Crippen molar-refractivity contribution < 1.29 is 27.2 Å². The summed E-state index contributed by atoms with van der Waals surface area (Å²) in [4.78, 5) is 24.0. The first-order valence-electron chi connectivity index (χ1n) is 8.58. The molecule has 0 saturated carbocycles. The molecule has 1 aromatic heterocycles. The molecular formula is C20H18N2O6S. The van der Waals surface area contributed by atoms with Gasteiger partial charge in [0.2, 0.25) is 10.0 Å². The molecule has 0 unspecified atom stereocenters. The number of hydrogen-bond donors (Lipinski definition) is 2. The van der Waals surface area contributed by atoms with Crippen LogP contribution < -0.4 is 10.0 Å². The molecule has 0 bridgehead atoms. The molecule has 0 fully saturated rings. The van der Waals surface area contributed by atoms with E-state index in [0.29, 0.717) is 11.4 Å². The van der Waals surface area contributed by atoms with Gasteiger partial charge in [-0.3, -0.25) is 4.79 Å². The van der Waals surface area contributed by atoms with Gasteiger partial charge in [-0.2, -0.15) is 0 Å². The van der Waals surface area contributed by atoms with Gasteiger partial charge < -0.3 is 14.5 Å². The number of rotatable bonds is 8. The Morgan fingerprint density at radius 2 is 1.76 bits per heavy atom.